The number of esters is 1. The van der Waals surface area contributed by atoms with Crippen molar-refractivity contribution in [3.8, 4) is 11.5 Å². The normalized spacial score (nSPS) is 10.4. The van der Waals surface area contributed by atoms with E-state index < -0.39 is 24.4 Å². The van der Waals surface area contributed by atoms with E-state index in [0.29, 0.717) is 17.4 Å². The molecule has 1 N–H and O–H groups in total. The van der Waals surface area contributed by atoms with Crippen LogP contribution < -0.4 is 14.8 Å². The van der Waals surface area contributed by atoms with E-state index in [4.69, 9.17) is 14.2 Å². The summed E-state index contributed by atoms with van der Waals surface area (Å²) >= 11 is 0. The Morgan fingerprint density at radius 3 is 2.21 bits per heavy atom. The second kappa shape index (κ2) is 10.3. The maximum absolute atomic E-state index is 12.0. The number of aryl methyl sites for hydroxylation is 1. The quantitative estimate of drug-likeness (QED) is 0.686. The first kappa shape index (κ1) is 21.9. The third kappa shape index (κ3) is 6.64. The lowest BCUT2D eigenvalue weighted by atomic mass is 9.98. The Kier molecular flexibility index (Phi) is 7.77. The lowest BCUT2D eigenvalue weighted by molar-refractivity contribution is -0.150. The highest BCUT2D eigenvalue weighted by Crippen LogP contribution is 2.23. The van der Waals surface area contributed by atoms with Crippen molar-refractivity contribution in [2.45, 2.75) is 26.7 Å². The van der Waals surface area contributed by atoms with E-state index in [2.05, 4.69) is 19.2 Å². The van der Waals surface area contributed by atoms with Gasteiger partial charge in [-0.15, -0.1) is 0 Å². The monoisotopic (exact) mass is 399 g/mol. The Hall–Kier alpha value is -3.35. The molecule has 0 bridgehead atoms. The molecule has 154 valence electrons. The van der Waals surface area contributed by atoms with Crippen LogP contribution in [0.15, 0.2) is 42.5 Å². The molecule has 0 radical (unpaired) electrons. The van der Waals surface area contributed by atoms with Crippen LogP contribution in [0.3, 0.4) is 0 Å². The second-order valence-corrected chi connectivity index (χ2v) is 6.73. The molecule has 0 atom stereocenters. The third-order valence-electron chi connectivity index (χ3n) is 4.19. The lowest BCUT2D eigenvalue weighted by Gasteiger charge is -2.12. The van der Waals surface area contributed by atoms with Gasteiger partial charge in [0.1, 0.15) is 11.5 Å². The van der Waals surface area contributed by atoms with Gasteiger partial charge in [-0.2, -0.15) is 0 Å². The summed E-state index contributed by atoms with van der Waals surface area (Å²) < 4.78 is 15.3. The molecule has 0 unspecified atom stereocenters. The highest BCUT2D eigenvalue weighted by Gasteiger charge is 2.13. The van der Waals surface area contributed by atoms with E-state index in [1.807, 2.05) is 19.1 Å². The van der Waals surface area contributed by atoms with Gasteiger partial charge in [0, 0.05) is 5.56 Å². The Morgan fingerprint density at radius 1 is 0.966 bits per heavy atom. The van der Waals surface area contributed by atoms with E-state index in [-0.39, 0.29) is 12.2 Å². The molecule has 0 saturated carbocycles. The summed E-state index contributed by atoms with van der Waals surface area (Å²) in [6.45, 7) is 5.27. The van der Waals surface area contributed by atoms with Gasteiger partial charge < -0.3 is 14.2 Å². The summed E-state index contributed by atoms with van der Waals surface area (Å²) in [5, 5.41) is 2.15. The Morgan fingerprint density at radius 2 is 1.62 bits per heavy atom. The molecule has 0 aliphatic carbocycles. The molecule has 29 heavy (non-hydrogen) atoms. The van der Waals surface area contributed by atoms with Crippen LogP contribution in [-0.2, 0) is 14.3 Å². The average Bonchev–Trinajstić information content (AvgIpc) is 2.70. The number of amides is 2. The Bertz CT molecular complexity index is 873. The molecule has 2 aromatic carbocycles. The Labute approximate surface area is 170 Å². The standard InChI is InChI=1S/C22H25NO6/c1-14(2)19-10-9-18(11-15(19)3)28-13-21(25)29-12-20(24)23-22(26)16-5-7-17(27-4)8-6-16/h5-11,14H,12-13H2,1-4H3,(H,23,24,26). The number of nitrogens with one attached hydrogen (secondary N) is 1. The van der Waals surface area contributed by atoms with Crippen molar-refractivity contribution in [3.63, 3.8) is 0 Å². The zero-order chi connectivity index (χ0) is 21.4. The van der Waals surface area contributed by atoms with Gasteiger partial charge in [-0.05, 0) is 60.4 Å². The van der Waals surface area contributed by atoms with Crippen LogP contribution in [0.2, 0.25) is 0 Å². The van der Waals surface area contributed by atoms with Crippen molar-refractivity contribution in [2.75, 3.05) is 20.3 Å². The van der Waals surface area contributed by atoms with Crippen molar-refractivity contribution in [1.29, 1.82) is 0 Å². The Balaban J connectivity index is 1.76. The number of rotatable bonds is 8. The lowest BCUT2D eigenvalue weighted by Crippen LogP contribution is -2.34. The first-order valence-corrected chi connectivity index (χ1v) is 9.17. The fraction of sp³-hybridized carbons (Fsp3) is 0.318. The number of benzene rings is 2. The van der Waals surface area contributed by atoms with Gasteiger partial charge in [-0.3, -0.25) is 14.9 Å². The van der Waals surface area contributed by atoms with Crippen molar-refractivity contribution in [3.05, 3.63) is 59.2 Å². The molecule has 7 nitrogen and oxygen atoms in total. The summed E-state index contributed by atoms with van der Waals surface area (Å²) in [5.41, 5.74) is 2.56. The van der Waals surface area contributed by atoms with Crippen molar-refractivity contribution >= 4 is 17.8 Å². The number of carbonyl (C=O) groups is 3. The van der Waals surface area contributed by atoms with Crippen LogP contribution in [0, 0.1) is 6.92 Å². The van der Waals surface area contributed by atoms with Crippen LogP contribution in [0.4, 0.5) is 0 Å². The molecule has 0 aromatic heterocycles. The average molecular weight is 399 g/mol. The minimum Gasteiger partial charge on any atom is -0.497 e. The molecule has 0 saturated heterocycles. The maximum atomic E-state index is 12.0. The number of hydrogen-bond donors (Lipinski definition) is 1. The van der Waals surface area contributed by atoms with Crippen LogP contribution in [-0.4, -0.2) is 38.1 Å². The van der Waals surface area contributed by atoms with E-state index in [1.165, 1.54) is 24.8 Å². The zero-order valence-electron chi connectivity index (χ0n) is 17.0. The van der Waals surface area contributed by atoms with Crippen molar-refractivity contribution in [1.82, 2.24) is 5.32 Å². The predicted molar refractivity (Wildman–Crippen MR) is 107 cm³/mol. The predicted octanol–water partition coefficient (Wildman–Crippen LogP) is 3.01. The first-order chi connectivity index (χ1) is 13.8. The molecule has 2 aromatic rings. The minimum absolute atomic E-state index is 0.286. The van der Waals surface area contributed by atoms with Gasteiger partial charge in [0.15, 0.2) is 13.2 Å². The second-order valence-electron chi connectivity index (χ2n) is 6.73. The highest BCUT2D eigenvalue weighted by molar-refractivity contribution is 6.05. The van der Waals surface area contributed by atoms with E-state index in [9.17, 15) is 14.4 Å². The minimum atomic E-state index is -0.726. The molecule has 2 rings (SSSR count). The molecule has 7 heteroatoms. The van der Waals surface area contributed by atoms with Crippen molar-refractivity contribution < 1.29 is 28.6 Å². The first-order valence-electron chi connectivity index (χ1n) is 9.17. The van der Waals surface area contributed by atoms with Gasteiger partial charge in [0.2, 0.25) is 0 Å². The summed E-state index contributed by atoms with van der Waals surface area (Å²) in [5.74, 6) is -0.489. The van der Waals surface area contributed by atoms with Crippen LogP contribution >= 0.6 is 0 Å². The number of methoxy groups -OCH3 is 1. The fourth-order valence-electron chi connectivity index (χ4n) is 2.69. The van der Waals surface area contributed by atoms with E-state index in [0.717, 1.165) is 5.56 Å². The summed E-state index contributed by atoms with van der Waals surface area (Å²) in [4.78, 5) is 35.6. The van der Waals surface area contributed by atoms with Gasteiger partial charge in [-0.25, -0.2) is 4.79 Å². The molecule has 0 spiro atoms. The van der Waals surface area contributed by atoms with E-state index >= 15 is 0 Å². The van der Waals surface area contributed by atoms with E-state index in [1.54, 1.807) is 18.2 Å². The largest absolute Gasteiger partial charge is 0.497 e. The molecule has 0 aliphatic rings. The molecular weight excluding hydrogens is 374 g/mol. The smallest absolute Gasteiger partial charge is 0.344 e. The molecule has 0 fully saturated rings. The summed E-state index contributed by atoms with van der Waals surface area (Å²) in [7, 11) is 1.51. The number of ether oxygens (including phenoxy) is 3. The van der Waals surface area contributed by atoms with Crippen molar-refractivity contribution in [2.24, 2.45) is 0 Å². The highest BCUT2D eigenvalue weighted by atomic mass is 16.6. The summed E-state index contributed by atoms with van der Waals surface area (Å²) in [6.07, 6.45) is 0. The SMILES string of the molecule is COc1ccc(C(=O)NC(=O)COC(=O)COc2ccc(C(C)C)c(C)c2)cc1. The van der Waals surface area contributed by atoms with Gasteiger partial charge in [-0.1, -0.05) is 19.9 Å². The van der Waals surface area contributed by atoms with Crippen LogP contribution in [0.1, 0.15) is 41.3 Å². The number of imide groups is 1. The number of hydrogen-bond acceptors (Lipinski definition) is 6. The molecule has 0 heterocycles. The third-order valence-corrected chi connectivity index (χ3v) is 4.19. The molecule has 2 amide bonds. The fourth-order valence-corrected chi connectivity index (χ4v) is 2.69. The zero-order valence-corrected chi connectivity index (χ0v) is 17.0. The van der Waals surface area contributed by atoms with Gasteiger partial charge in [0.25, 0.3) is 11.8 Å². The maximum Gasteiger partial charge on any atom is 0.344 e. The topological polar surface area (TPSA) is 90.9 Å². The summed E-state index contributed by atoms with van der Waals surface area (Å²) in [6, 6.07) is 11.8. The van der Waals surface area contributed by atoms with Gasteiger partial charge >= 0.3 is 5.97 Å². The van der Waals surface area contributed by atoms with Crippen LogP contribution in [0.25, 0.3) is 0 Å². The molecular formula is C22H25NO6. The molecule has 0 aliphatic heterocycles. The number of carbonyl (C=O) groups excluding carboxylic acids is 3. The van der Waals surface area contributed by atoms with Crippen LogP contribution in [0.5, 0.6) is 11.5 Å². The van der Waals surface area contributed by atoms with Gasteiger partial charge in [0.05, 0.1) is 7.11 Å².